The summed E-state index contributed by atoms with van der Waals surface area (Å²) in [6.07, 6.45) is 2.51. The lowest BCUT2D eigenvalue weighted by molar-refractivity contribution is 0.0478. The molecule has 0 bridgehead atoms. The second-order valence-corrected chi connectivity index (χ2v) is 7.69. The fourth-order valence-corrected chi connectivity index (χ4v) is 4.15. The van der Waals surface area contributed by atoms with Crippen molar-refractivity contribution < 1.29 is 9.53 Å². The summed E-state index contributed by atoms with van der Waals surface area (Å²) in [7, 11) is 0. The highest BCUT2D eigenvalue weighted by Gasteiger charge is 2.20. The maximum Gasteiger partial charge on any atom is 0.349 e. The molecule has 2 heterocycles. The number of nitrogens with one attached hydrogen (secondary N) is 1. The Kier molecular flexibility index (Phi) is 5.53. The van der Waals surface area contributed by atoms with E-state index in [2.05, 4.69) is 34.3 Å². The van der Waals surface area contributed by atoms with Crippen molar-refractivity contribution in [2.45, 2.75) is 26.9 Å². The molecule has 0 saturated heterocycles. The first kappa shape index (κ1) is 19.1. The van der Waals surface area contributed by atoms with Gasteiger partial charge in [-0.3, -0.25) is 0 Å². The summed E-state index contributed by atoms with van der Waals surface area (Å²) >= 11 is 1.33. The van der Waals surface area contributed by atoms with Crippen molar-refractivity contribution in [3.8, 4) is 0 Å². The first-order valence-corrected chi connectivity index (χ1v) is 10.3. The molecule has 2 aromatic heterocycles. The van der Waals surface area contributed by atoms with Crippen molar-refractivity contribution >= 4 is 39.0 Å². The number of nitrogens with zero attached hydrogens (tertiary/aromatic N) is 2. The largest absolute Gasteiger partial charge is 0.457 e. The maximum absolute atomic E-state index is 12.7. The number of aryl methyl sites for hydroxylation is 2. The number of ether oxygens (including phenoxy) is 1. The summed E-state index contributed by atoms with van der Waals surface area (Å²) < 4.78 is 5.51. The van der Waals surface area contributed by atoms with Gasteiger partial charge in [-0.1, -0.05) is 49.4 Å². The average molecular weight is 404 g/mol. The van der Waals surface area contributed by atoms with Crippen LogP contribution in [0.3, 0.4) is 0 Å². The van der Waals surface area contributed by atoms with E-state index in [1.807, 2.05) is 49.4 Å². The summed E-state index contributed by atoms with van der Waals surface area (Å²) in [6.45, 7) is 4.28. The van der Waals surface area contributed by atoms with Crippen molar-refractivity contribution in [3.05, 3.63) is 82.5 Å². The molecule has 0 saturated carbocycles. The molecule has 0 aliphatic rings. The molecule has 146 valence electrons. The monoisotopic (exact) mass is 403 g/mol. The third-order valence-electron chi connectivity index (χ3n) is 4.75. The van der Waals surface area contributed by atoms with Crippen LogP contribution in [0.2, 0.25) is 0 Å². The van der Waals surface area contributed by atoms with Crippen LogP contribution < -0.4 is 5.32 Å². The van der Waals surface area contributed by atoms with Gasteiger partial charge in [-0.2, -0.15) is 0 Å². The van der Waals surface area contributed by atoms with Gasteiger partial charge in [0.05, 0.1) is 5.39 Å². The molecular weight excluding hydrogens is 382 g/mol. The summed E-state index contributed by atoms with van der Waals surface area (Å²) in [5, 5.41) is 4.20. The Morgan fingerprint density at radius 1 is 1.03 bits per heavy atom. The zero-order valence-electron chi connectivity index (χ0n) is 16.3. The van der Waals surface area contributed by atoms with E-state index in [4.69, 9.17) is 4.74 Å². The maximum atomic E-state index is 12.7. The van der Waals surface area contributed by atoms with Crippen molar-refractivity contribution in [2.24, 2.45) is 0 Å². The van der Waals surface area contributed by atoms with E-state index in [0.29, 0.717) is 10.7 Å². The Balaban J connectivity index is 1.59. The molecule has 6 heteroatoms. The number of carbonyl (C=O) groups is 1. The topological polar surface area (TPSA) is 64.1 Å². The number of rotatable bonds is 6. The Morgan fingerprint density at radius 3 is 2.52 bits per heavy atom. The molecule has 4 rings (SSSR count). The Labute approximate surface area is 173 Å². The highest BCUT2D eigenvalue weighted by molar-refractivity contribution is 7.20. The van der Waals surface area contributed by atoms with E-state index >= 15 is 0 Å². The minimum absolute atomic E-state index is 0.244. The molecule has 0 amide bonds. The molecule has 0 aliphatic carbocycles. The van der Waals surface area contributed by atoms with Crippen LogP contribution in [0.15, 0.2) is 60.9 Å². The number of fused-ring (bicyclic) bond motifs is 1. The first-order valence-electron chi connectivity index (χ1n) is 9.47. The Hall–Kier alpha value is -3.25. The van der Waals surface area contributed by atoms with Gasteiger partial charge in [-0.05, 0) is 42.2 Å². The average Bonchev–Trinajstić information content (AvgIpc) is 3.11. The van der Waals surface area contributed by atoms with Gasteiger partial charge in [0.1, 0.15) is 28.5 Å². The van der Waals surface area contributed by atoms with Gasteiger partial charge in [0.25, 0.3) is 0 Å². The van der Waals surface area contributed by atoms with Crippen LogP contribution in [0, 0.1) is 6.92 Å². The second-order valence-electron chi connectivity index (χ2n) is 6.70. The highest BCUT2D eigenvalue weighted by Crippen LogP contribution is 2.35. The summed E-state index contributed by atoms with van der Waals surface area (Å²) in [4.78, 5) is 22.7. The van der Waals surface area contributed by atoms with Crippen LogP contribution in [0.25, 0.3) is 10.2 Å². The fraction of sp³-hybridized carbons (Fsp3) is 0.174. The third-order valence-corrected chi connectivity index (χ3v) is 5.93. The lowest BCUT2D eigenvalue weighted by Gasteiger charge is -2.08. The number of esters is 1. The van der Waals surface area contributed by atoms with Crippen LogP contribution in [-0.4, -0.2) is 15.9 Å². The summed E-state index contributed by atoms with van der Waals surface area (Å²) in [5.41, 5.74) is 4.01. The Bertz CT molecular complexity index is 1140. The number of hydrogen-bond donors (Lipinski definition) is 1. The van der Waals surface area contributed by atoms with Crippen molar-refractivity contribution in [1.29, 1.82) is 0 Å². The van der Waals surface area contributed by atoms with E-state index in [9.17, 15) is 4.79 Å². The molecule has 0 aliphatic heterocycles. The number of hydrogen-bond acceptors (Lipinski definition) is 6. The van der Waals surface area contributed by atoms with Crippen LogP contribution >= 0.6 is 11.3 Å². The zero-order valence-corrected chi connectivity index (χ0v) is 17.1. The van der Waals surface area contributed by atoms with E-state index in [1.54, 1.807) is 0 Å². The SMILES string of the molecule is CCc1ccc(Nc2ncnc3sc(C(=O)OCc4ccccc4)c(C)c23)cc1. The third kappa shape index (κ3) is 4.12. The number of carbonyl (C=O) groups excluding carboxylic acids is 1. The standard InChI is InChI=1S/C23H21N3O2S/c1-3-16-9-11-18(12-10-16)26-21-19-15(2)20(29-22(19)25-14-24-21)23(27)28-13-17-7-5-4-6-8-17/h4-12,14H,3,13H2,1-2H3,(H,24,25,26). The zero-order chi connectivity index (χ0) is 20.2. The number of anilines is 2. The molecule has 2 aromatic carbocycles. The molecule has 0 unspecified atom stereocenters. The van der Waals surface area contributed by atoms with E-state index in [-0.39, 0.29) is 12.6 Å². The predicted octanol–water partition coefficient (Wildman–Crippen LogP) is 5.66. The number of aromatic nitrogens is 2. The van der Waals surface area contributed by atoms with Crippen molar-refractivity contribution in [1.82, 2.24) is 9.97 Å². The van der Waals surface area contributed by atoms with Crippen LogP contribution in [0.1, 0.15) is 33.3 Å². The van der Waals surface area contributed by atoms with E-state index in [0.717, 1.165) is 33.5 Å². The minimum atomic E-state index is -0.340. The van der Waals surface area contributed by atoms with Gasteiger partial charge in [0.15, 0.2) is 0 Å². The minimum Gasteiger partial charge on any atom is -0.457 e. The van der Waals surface area contributed by atoms with Crippen LogP contribution in [0.4, 0.5) is 11.5 Å². The lowest BCUT2D eigenvalue weighted by Crippen LogP contribution is -2.04. The molecular formula is C23H21N3O2S. The van der Waals surface area contributed by atoms with Gasteiger partial charge < -0.3 is 10.1 Å². The second kappa shape index (κ2) is 8.41. The summed E-state index contributed by atoms with van der Waals surface area (Å²) in [6, 6.07) is 17.9. The highest BCUT2D eigenvalue weighted by atomic mass is 32.1. The van der Waals surface area contributed by atoms with Gasteiger partial charge in [0, 0.05) is 5.69 Å². The Morgan fingerprint density at radius 2 is 1.79 bits per heavy atom. The lowest BCUT2D eigenvalue weighted by atomic mass is 10.1. The van der Waals surface area contributed by atoms with Crippen LogP contribution in [0.5, 0.6) is 0 Å². The van der Waals surface area contributed by atoms with Gasteiger partial charge >= 0.3 is 5.97 Å². The normalized spacial score (nSPS) is 10.8. The van der Waals surface area contributed by atoms with Crippen molar-refractivity contribution in [2.75, 3.05) is 5.32 Å². The molecule has 0 fully saturated rings. The molecule has 0 atom stereocenters. The number of thiophene rings is 1. The summed E-state index contributed by atoms with van der Waals surface area (Å²) in [5.74, 6) is 0.350. The van der Waals surface area contributed by atoms with Gasteiger partial charge in [-0.15, -0.1) is 11.3 Å². The van der Waals surface area contributed by atoms with Crippen molar-refractivity contribution in [3.63, 3.8) is 0 Å². The molecule has 29 heavy (non-hydrogen) atoms. The smallest absolute Gasteiger partial charge is 0.349 e. The number of benzene rings is 2. The predicted molar refractivity (Wildman–Crippen MR) is 117 cm³/mol. The van der Waals surface area contributed by atoms with Crippen LogP contribution in [-0.2, 0) is 17.8 Å². The van der Waals surface area contributed by atoms with Gasteiger partial charge in [0.2, 0.25) is 0 Å². The fourth-order valence-electron chi connectivity index (χ4n) is 3.11. The van der Waals surface area contributed by atoms with E-state index in [1.165, 1.54) is 23.2 Å². The first-order chi connectivity index (χ1) is 14.2. The molecule has 0 radical (unpaired) electrons. The van der Waals surface area contributed by atoms with E-state index < -0.39 is 0 Å². The molecule has 5 nitrogen and oxygen atoms in total. The molecule has 4 aromatic rings. The molecule has 0 spiro atoms. The van der Waals surface area contributed by atoms with Gasteiger partial charge in [-0.25, -0.2) is 14.8 Å². The quantitative estimate of drug-likeness (QED) is 0.421. The molecule has 1 N–H and O–H groups in total.